The smallest absolute Gasteiger partial charge is 0.227 e. The highest BCUT2D eigenvalue weighted by Crippen LogP contribution is 2.42. The van der Waals surface area contributed by atoms with Gasteiger partial charge in [-0.05, 0) is 82.0 Å². The molecule has 2 N–H and O–H groups in total. The van der Waals surface area contributed by atoms with Crippen LogP contribution >= 0.6 is 11.6 Å². The van der Waals surface area contributed by atoms with E-state index in [9.17, 15) is 8.42 Å². The Morgan fingerprint density at radius 1 is 1.17 bits per heavy atom. The molecule has 0 fully saturated rings. The van der Waals surface area contributed by atoms with Gasteiger partial charge in [0.2, 0.25) is 5.95 Å². The van der Waals surface area contributed by atoms with Gasteiger partial charge in [-0.2, -0.15) is 0 Å². The van der Waals surface area contributed by atoms with E-state index in [4.69, 9.17) is 21.3 Å². The number of aromatic nitrogens is 2. The quantitative estimate of drug-likeness (QED) is 0.308. The summed E-state index contributed by atoms with van der Waals surface area (Å²) in [4.78, 5) is 11.8. The van der Waals surface area contributed by atoms with Crippen LogP contribution in [0.2, 0.25) is 5.02 Å². The molecule has 0 radical (unpaired) electrons. The van der Waals surface area contributed by atoms with E-state index in [2.05, 4.69) is 46.6 Å². The topological polar surface area (TPSA) is 96.5 Å². The molecule has 0 saturated heterocycles. The second-order valence-electron chi connectivity index (χ2n) is 11.0. The Balaban J connectivity index is 1.36. The molecule has 10 heteroatoms. The van der Waals surface area contributed by atoms with E-state index in [1.54, 1.807) is 38.2 Å². The molecule has 0 saturated carbocycles. The third-order valence-corrected chi connectivity index (χ3v) is 10.2. The summed E-state index contributed by atoms with van der Waals surface area (Å²) in [7, 11) is -1.27. The number of hydrogen-bond acceptors (Lipinski definition) is 8. The van der Waals surface area contributed by atoms with Crippen LogP contribution in [0, 0.1) is 6.92 Å². The van der Waals surface area contributed by atoms with Crippen molar-refractivity contribution in [1.82, 2.24) is 14.9 Å². The normalized spacial score (nSPS) is 15.7. The highest BCUT2D eigenvalue weighted by Gasteiger charge is 2.25. The van der Waals surface area contributed by atoms with Crippen LogP contribution in [0.3, 0.4) is 0 Å². The Bertz CT molecular complexity index is 1570. The zero-order valence-electron chi connectivity index (χ0n) is 24.1. The molecular weight excluding hydrogens is 558 g/mol. The number of halogens is 1. The molecular formula is C31H38ClN5O3S. The second kappa shape index (κ2) is 12.4. The monoisotopic (exact) mass is 595 g/mol. The van der Waals surface area contributed by atoms with Crippen LogP contribution in [-0.4, -0.2) is 61.8 Å². The number of aryl methyl sites for hydroxylation is 1. The summed E-state index contributed by atoms with van der Waals surface area (Å²) >= 11 is 6.47. The molecule has 2 aliphatic rings. The summed E-state index contributed by atoms with van der Waals surface area (Å²) in [6.07, 6.45) is 7.42. The van der Waals surface area contributed by atoms with Crippen molar-refractivity contribution in [2.75, 3.05) is 43.9 Å². The Labute approximate surface area is 248 Å². The van der Waals surface area contributed by atoms with Gasteiger partial charge in [-0.15, -0.1) is 0 Å². The van der Waals surface area contributed by atoms with E-state index in [1.165, 1.54) is 22.3 Å². The van der Waals surface area contributed by atoms with Crippen LogP contribution in [-0.2, 0) is 22.7 Å². The fraction of sp³-hybridized carbons (Fsp3) is 0.419. The number of fused-ring (bicyclic) bond motifs is 1. The van der Waals surface area contributed by atoms with Crippen molar-refractivity contribution < 1.29 is 13.2 Å². The summed E-state index contributed by atoms with van der Waals surface area (Å²) in [5.41, 5.74) is 7.28. The zero-order chi connectivity index (χ0) is 29.1. The van der Waals surface area contributed by atoms with Gasteiger partial charge in [0.05, 0.1) is 45.0 Å². The van der Waals surface area contributed by atoms with Crippen molar-refractivity contribution in [1.29, 1.82) is 0 Å². The van der Waals surface area contributed by atoms with E-state index in [0.717, 1.165) is 43.8 Å². The minimum atomic E-state index is -3.42. The van der Waals surface area contributed by atoms with Gasteiger partial charge in [0.25, 0.3) is 0 Å². The molecule has 8 nitrogen and oxygen atoms in total. The summed E-state index contributed by atoms with van der Waals surface area (Å²) in [5.74, 6) is 1.32. The molecule has 0 amide bonds. The molecule has 1 aromatic heterocycles. The van der Waals surface area contributed by atoms with Gasteiger partial charge >= 0.3 is 0 Å². The van der Waals surface area contributed by atoms with Crippen LogP contribution in [0.5, 0.6) is 5.75 Å². The first-order chi connectivity index (χ1) is 19.6. The molecule has 2 aromatic carbocycles. The Morgan fingerprint density at radius 2 is 1.98 bits per heavy atom. The number of sulfone groups is 1. The van der Waals surface area contributed by atoms with Crippen molar-refractivity contribution in [2.45, 2.75) is 56.6 Å². The maximum absolute atomic E-state index is 12.8. The lowest BCUT2D eigenvalue weighted by Gasteiger charge is -2.29. The van der Waals surface area contributed by atoms with Crippen molar-refractivity contribution in [3.8, 4) is 5.75 Å². The zero-order valence-corrected chi connectivity index (χ0v) is 25.7. The van der Waals surface area contributed by atoms with Gasteiger partial charge in [-0.3, -0.25) is 0 Å². The molecule has 2 aliphatic heterocycles. The highest BCUT2D eigenvalue weighted by molar-refractivity contribution is 7.92. The Hall–Kier alpha value is -3.14. The molecule has 218 valence electrons. The molecule has 5 rings (SSSR count). The lowest BCUT2D eigenvalue weighted by atomic mass is 9.87. The predicted molar refractivity (Wildman–Crippen MR) is 166 cm³/mol. The number of rotatable bonds is 9. The van der Waals surface area contributed by atoms with Gasteiger partial charge in [0.1, 0.15) is 5.75 Å². The van der Waals surface area contributed by atoms with Crippen molar-refractivity contribution in [3.63, 3.8) is 0 Å². The van der Waals surface area contributed by atoms with Crippen molar-refractivity contribution >= 4 is 44.3 Å². The molecule has 0 bridgehead atoms. The van der Waals surface area contributed by atoms with Crippen LogP contribution < -0.4 is 15.4 Å². The summed E-state index contributed by atoms with van der Waals surface area (Å²) in [6.45, 7) is 8.67. The van der Waals surface area contributed by atoms with Gasteiger partial charge < -0.3 is 20.3 Å². The highest BCUT2D eigenvalue weighted by atomic mass is 35.5. The Kier molecular flexibility index (Phi) is 8.87. The van der Waals surface area contributed by atoms with Crippen LogP contribution in [0.15, 0.2) is 47.5 Å². The molecule has 0 unspecified atom stereocenters. The van der Waals surface area contributed by atoms with Gasteiger partial charge in [0, 0.05) is 31.6 Å². The molecule has 41 heavy (non-hydrogen) atoms. The van der Waals surface area contributed by atoms with Crippen molar-refractivity contribution in [3.05, 3.63) is 70.0 Å². The molecule has 0 atom stereocenters. The van der Waals surface area contributed by atoms with E-state index >= 15 is 0 Å². The standard InChI is InChI=1S/C31H38ClN5O3S/c1-20(2)41(38,39)28-10-6-5-9-26(28)33-14-11-25-24(32)19-34-31(35-25)36-27-18-21(3)29(22-12-15-37(4)16-13-22)23-8-7-17-40-30(23)27/h5-6,9-10,12,18-20,33H,7-8,11,13-17H2,1-4H3,(H,34,35,36). The molecule has 3 aromatic rings. The number of nitrogens with one attached hydrogen (secondary N) is 2. The lowest BCUT2D eigenvalue weighted by Crippen LogP contribution is -2.24. The summed E-state index contributed by atoms with van der Waals surface area (Å²) in [5, 5.41) is 6.60. The number of hydrogen-bond donors (Lipinski definition) is 2. The number of benzene rings is 2. The third-order valence-electron chi connectivity index (χ3n) is 7.68. The number of anilines is 3. The second-order valence-corrected chi connectivity index (χ2v) is 13.9. The average molecular weight is 596 g/mol. The van der Waals surface area contributed by atoms with Crippen molar-refractivity contribution in [2.24, 2.45) is 0 Å². The van der Waals surface area contributed by atoms with Gasteiger partial charge in [0.15, 0.2) is 9.84 Å². The van der Waals surface area contributed by atoms with Crippen LogP contribution in [0.1, 0.15) is 49.1 Å². The first kappa shape index (κ1) is 29.4. The molecule has 3 heterocycles. The number of ether oxygens (including phenoxy) is 1. The molecule has 0 spiro atoms. The minimum absolute atomic E-state index is 0.297. The third kappa shape index (κ3) is 6.37. The number of para-hydroxylation sites is 1. The largest absolute Gasteiger partial charge is 0.491 e. The Morgan fingerprint density at radius 3 is 2.73 bits per heavy atom. The maximum atomic E-state index is 12.8. The first-order valence-electron chi connectivity index (χ1n) is 14.2. The first-order valence-corrected chi connectivity index (χ1v) is 16.1. The average Bonchev–Trinajstić information content (AvgIpc) is 2.95. The predicted octanol–water partition coefficient (Wildman–Crippen LogP) is 6.06. The van der Waals surface area contributed by atoms with Crippen LogP contribution in [0.4, 0.5) is 17.3 Å². The number of nitrogens with zero attached hydrogens (tertiary/aromatic N) is 3. The lowest BCUT2D eigenvalue weighted by molar-refractivity contribution is 0.289. The summed E-state index contributed by atoms with van der Waals surface area (Å²) < 4.78 is 31.8. The fourth-order valence-corrected chi connectivity index (χ4v) is 6.83. The summed E-state index contributed by atoms with van der Waals surface area (Å²) in [6, 6.07) is 9.10. The maximum Gasteiger partial charge on any atom is 0.227 e. The fourth-order valence-electron chi connectivity index (χ4n) is 5.42. The van der Waals surface area contributed by atoms with E-state index in [-0.39, 0.29) is 0 Å². The SMILES string of the molecule is Cc1cc(Nc2ncc(Cl)c(CCNc3ccccc3S(=O)(=O)C(C)C)n2)c2c(c1C1=CCN(C)CC1)CCCO2. The van der Waals surface area contributed by atoms with E-state index in [0.29, 0.717) is 46.8 Å². The van der Waals surface area contributed by atoms with Gasteiger partial charge in [-0.25, -0.2) is 18.4 Å². The number of likely N-dealkylation sites (N-methyl/N-ethyl adjacent to an activating group) is 1. The van der Waals surface area contributed by atoms with Crippen LogP contribution in [0.25, 0.3) is 5.57 Å². The minimum Gasteiger partial charge on any atom is -0.491 e. The molecule has 0 aliphatic carbocycles. The van der Waals surface area contributed by atoms with E-state index in [1.807, 2.05) is 6.07 Å². The van der Waals surface area contributed by atoms with E-state index < -0.39 is 15.1 Å². The van der Waals surface area contributed by atoms with Gasteiger partial charge in [-0.1, -0.05) is 29.8 Å².